The van der Waals surface area contributed by atoms with Crippen LogP contribution in [0.3, 0.4) is 0 Å². The molecule has 140 valence electrons. The first kappa shape index (κ1) is 17.3. The summed E-state index contributed by atoms with van der Waals surface area (Å²) in [5, 5.41) is 7.34. The summed E-state index contributed by atoms with van der Waals surface area (Å²) in [5.74, 6) is 0.314. The number of carbonyl (C=O) groups excluding carboxylic acids is 3. The van der Waals surface area contributed by atoms with Crippen LogP contribution < -0.4 is 5.32 Å². The smallest absolute Gasteiger partial charge is 0.244 e. The van der Waals surface area contributed by atoms with E-state index >= 15 is 0 Å². The van der Waals surface area contributed by atoms with Crippen LogP contribution in [-0.4, -0.2) is 69.5 Å². The number of likely N-dealkylation sites (tertiary alicyclic amines) is 2. The molecule has 8 nitrogen and oxygen atoms in total. The number of halogens is 1. The fraction of sp³-hybridized carbons (Fsp3) is 0.647. The Morgan fingerprint density at radius 3 is 2.85 bits per heavy atom. The molecular weight excluding hydrogens is 358 g/mol. The molecule has 4 rings (SSSR count). The molecule has 0 radical (unpaired) electrons. The Bertz CT molecular complexity index is 726. The molecule has 26 heavy (non-hydrogen) atoms. The Balaban J connectivity index is 1.37. The molecule has 3 aliphatic heterocycles. The monoisotopic (exact) mass is 379 g/mol. The zero-order valence-corrected chi connectivity index (χ0v) is 15.2. The van der Waals surface area contributed by atoms with Crippen LogP contribution in [-0.2, 0) is 20.9 Å². The largest absolute Gasteiger partial charge is 0.355 e. The van der Waals surface area contributed by atoms with Gasteiger partial charge in [-0.1, -0.05) is 11.6 Å². The standard InChI is InChI=1S/C17H22ClN5O3/c18-13-5-20-22(8-13)10-16(25)23-7-11-3-14(23)9-21(6-11)17(26)12-1-2-15(24)19-4-12/h5,8,11-12,14H,1-4,6-7,9-10H2,(H,19,24). The summed E-state index contributed by atoms with van der Waals surface area (Å²) in [5.41, 5.74) is 0. The van der Waals surface area contributed by atoms with E-state index in [0.717, 1.165) is 6.42 Å². The normalized spacial score (nSPS) is 28.2. The number of piperidine rings is 2. The first-order chi connectivity index (χ1) is 12.5. The zero-order chi connectivity index (χ0) is 18.3. The minimum absolute atomic E-state index is 0.0106. The molecule has 3 saturated heterocycles. The van der Waals surface area contributed by atoms with Gasteiger partial charge in [0.25, 0.3) is 0 Å². The first-order valence-corrected chi connectivity index (χ1v) is 9.40. The second-order valence-corrected chi connectivity index (χ2v) is 7.88. The summed E-state index contributed by atoms with van der Waals surface area (Å²) in [7, 11) is 0. The topological polar surface area (TPSA) is 87.5 Å². The molecule has 3 aliphatic rings. The molecule has 3 fully saturated rings. The number of amides is 3. The third kappa shape index (κ3) is 3.42. The van der Waals surface area contributed by atoms with Crippen LogP contribution >= 0.6 is 11.6 Å². The fourth-order valence-corrected chi connectivity index (χ4v) is 4.46. The number of aromatic nitrogens is 2. The minimum atomic E-state index is -0.138. The van der Waals surface area contributed by atoms with Gasteiger partial charge in [0.05, 0.1) is 17.1 Å². The summed E-state index contributed by atoms with van der Waals surface area (Å²) in [6, 6.07) is 0.0643. The highest BCUT2D eigenvalue weighted by molar-refractivity contribution is 6.30. The number of hydrogen-bond acceptors (Lipinski definition) is 4. The predicted molar refractivity (Wildman–Crippen MR) is 93.2 cm³/mol. The van der Waals surface area contributed by atoms with E-state index in [2.05, 4.69) is 10.4 Å². The molecule has 1 N–H and O–H groups in total. The molecule has 0 spiro atoms. The van der Waals surface area contributed by atoms with E-state index in [4.69, 9.17) is 11.6 Å². The highest BCUT2D eigenvalue weighted by Crippen LogP contribution is 2.31. The van der Waals surface area contributed by atoms with E-state index in [1.54, 1.807) is 10.9 Å². The van der Waals surface area contributed by atoms with Crippen LogP contribution in [0, 0.1) is 11.8 Å². The SMILES string of the molecule is O=C1CCC(C(=O)N2CC3CC(C2)N(C(=O)Cn2cc(Cl)cn2)C3)CN1. The van der Waals surface area contributed by atoms with Crippen molar-refractivity contribution in [1.82, 2.24) is 24.9 Å². The molecule has 9 heteroatoms. The van der Waals surface area contributed by atoms with Gasteiger partial charge in [-0.3, -0.25) is 19.1 Å². The molecule has 1 aromatic heterocycles. The Kier molecular flexibility index (Phi) is 4.60. The molecule has 3 unspecified atom stereocenters. The number of nitrogens with zero attached hydrogens (tertiary/aromatic N) is 4. The maximum atomic E-state index is 12.8. The lowest BCUT2D eigenvalue weighted by atomic mass is 9.94. The van der Waals surface area contributed by atoms with Crippen molar-refractivity contribution in [3.05, 3.63) is 17.4 Å². The third-order valence-electron chi connectivity index (χ3n) is 5.56. The minimum Gasteiger partial charge on any atom is -0.355 e. The highest BCUT2D eigenvalue weighted by Gasteiger charge is 2.43. The van der Waals surface area contributed by atoms with Crippen LogP contribution in [0.5, 0.6) is 0 Å². The van der Waals surface area contributed by atoms with Gasteiger partial charge in [-0.2, -0.15) is 5.10 Å². The van der Waals surface area contributed by atoms with Crippen LogP contribution in [0.2, 0.25) is 5.02 Å². The number of carbonyl (C=O) groups is 3. The zero-order valence-electron chi connectivity index (χ0n) is 14.4. The van der Waals surface area contributed by atoms with Crippen molar-refractivity contribution < 1.29 is 14.4 Å². The quantitative estimate of drug-likeness (QED) is 0.808. The molecule has 2 bridgehead atoms. The average Bonchev–Trinajstić information content (AvgIpc) is 3.16. The van der Waals surface area contributed by atoms with Crippen molar-refractivity contribution in [3.63, 3.8) is 0 Å². The van der Waals surface area contributed by atoms with Crippen LogP contribution in [0.1, 0.15) is 19.3 Å². The highest BCUT2D eigenvalue weighted by atomic mass is 35.5. The number of hydrogen-bond donors (Lipinski definition) is 1. The molecule has 3 amide bonds. The van der Waals surface area contributed by atoms with Gasteiger partial charge in [-0.15, -0.1) is 0 Å². The van der Waals surface area contributed by atoms with Crippen molar-refractivity contribution in [2.24, 2.45) is 11.8 Å². The van der Waals surface area contributed by atoms with E-state index in [1.165, 1.54) is 6.20 Å². The van der Waals surface area contributed by atoms with E-state index in [0.29, 0.717) is 50.0 Å². The summed E-state index contributed by atoms with van der Waals surface area (Å²) in [6.07, 6.45) is 5.11. The number of fused-ring (bicyclic) bond motifs is 2. The first-order valence-electron chi connectivity index (χ1n) is 9.02. The maximum absolute atomic E-state index is 12.8. The van der Waals surface area contributed by atoms with Crippen LogP contribution in [0.15, 0.2) is 12.4 Å². The van der Waals surface area contributed by atoms with Gasteiger partial charge in [0.2, 0.25) is 17.7 Å². The molecule has 0 saturated carbocycles. The molecule has 4 heterocycles. The van der Waals surface area contributed by atoms with E-state index in [1.807, 2.05) is 9.80 Å². The predicted octanol–water partition coefficient (Wildman–Crippen LogP) is 0.122. The molecular formula is C17H22ClN5O3. The van der Waals surface area contributed by atoms with Gasteiger partial charge in [-0.25, -0.2) is 0 Å². The van der Waals surface area contributed by atoms with Crippen molar-refractivity contribution in [1.29, 1.82) is 0 Å². The number of nitrogens with one attached hydrogen (secondary N) is 1. The van der Waals surface area contributed by atoms with Gasteiger partial charge in [0.1, 0.15) is 6.54 Å². The van der Waals surface area contributed by atoms with Gasteiger partial charge >= 0.3 is 0 Å². The van der Waals surface area contributed by atoms with Crippen molar-refractivity contribution >= 4 is 29.3 Å². The number of rotatable bonds is 3. The second-order valence-electron chi connectivity index (χ2n) is 7.44. The van der Waals surface area contributed by atoms with Crippen molar-refractivity contribution in [3.8, 4) is 0 Å². The summed E-state index contributed by atoms with van der Waals surface area (Å²) in [6.45, 7) is 2.54. The average molecular weight is 380 g/mol. The Hall–Kier alpha value is -2.09. The second kappa shape index (κ2) is 6.90. The van der Waals surface area contributed by atoms with Gasteiger partial charge in [-0.05, 0) is 18.8 Å². The van der Waals surface area contributed by atoms with Crippen molar-refractivity contribution in [2.75, 3.05) is 26.2 Å². The van der Waals surface area contributed by atoms with E-state index in [-0.39, 0.29) is 36.2 Å². The summed E-state index contributed by atoms with van der Waals surface area (Å²) in [4.78, 5) is 40.5. The lowest BCUT2D eigenvalue weighted by Crippen LogP contribution is -2.51. The lowest BCUT2D eigenvalue weighted by Gasteiger charge is -2.35. The third-order valence-corrected chi connectivity index (χ3v) is 5.75. The summed E-state index contributed by atoms with van der Waals surface area (Å²) < 4.78 is 1.54. The van der Waals surface area contributed by atoms with Crippen LogP contribution in [0.4, 0.5) is 0 Å². The Labute approximate surface area is 156 Å². The summed E-state index contributed by atoms with van der Waals surface area (Å²) >= 11 is 5.85. The van der Waals surface area contributed by atoms with Gasteiger partial charge in [0, 0.05) is 44.8 Å². The van der Waals surface area contributed by atoms with E-state index < -0.39 is 0 Å². The van der Waals surface area contributed by atoms with E-state index in [9.17, 15) is 14.4 Å². The molecule has 3 atom stereocenters. The Morgan fingerprint density at radius 1 is 1.31 bits per heavy atom. The van der Waals surface area contributed by atoms with Gasteiger partial charge < -0.3 is 15.1 Å². The molecule has 0 aromatic carbocycles. The maximum Gasteiger partial charge on any atom is 0.244 e. The van der Waals surface area contributed by atoms with Gasteiger partial charge in [0.15, 0.2) is 0 Å². The van der Waals surface area contributed by atoms with Crippen LogP contribution in [0.25, 0.3) is 0 Å². The fourth-order valence-electron chi connectivity index (χ4n) is 4.30. The van der Waals surface area contributed by atoms with Crippen molar-refractivity contribution in [2.45, 2.75) is 31.8 Å². The molecule has 1 aromatic rings. The Morgan fingerprint density at radius 2 is 2.15 bits per heavy atom. The molecule has 0 aliphatic carbocycles. The lowest BCUT2D eigenvalue weighted by molar-refractivity contribution is -0.140.